The summed E-state index contributed by atoms with van der Waals surface area (Å²) < 4.78 is 10.3. The van der Waals surface area contributed by atoms with Crippen molar-refractivity contribution in [2.75, 3.05) is 0 Å². The quantitative estimate of drug-likeness (QED) is 0.485. The van der Waals surface area contributed by atoms with E-state index >= 15 is 0 Å². The predicted molar refractivity (Wildman–Crippen MR) is 80.0 cm³/mol. The lowest BCUT2D eigenvalue weighted by molar-refractivity contribution is -0.132. The Balaban J connectivity index is 2.40. The van der Waals surface area contributed by atoms with Crippen LogP contribution in [-0.4, -0.2) is 17.7 Å². The van der Waals surface area contributed by atoms with Crippen LogP contribution in [0, 0.1) is 5.92 Å². The Labute approximate surface area is 129 Å². The minimum atomic E-state index is -0.516. The van der Waals surface area contributed by atoms with E-state index in [9.17, 15) is 14.4 Å². The van der Waals surface area contributed by atoms with Crippen LogP contribution in [0.25, 0.3) is 0 Å². The summed E-state index contributed by atoms with van der Waals surface area (Å²) in [4.78, 5) is 35.3. The van der Waals surface area contributed by atoms with Crippen molar-refractivity contribution in [2.24, 2.45) is 5.92 Å². The van der Waals surface area contributed by atoms with Gasteiger partial charge in [-0.15, -0.1) is 0 Å². The molecule has 1 saturated carbocycles. The SMILES string of the molecule is CC(=O)Oc1cccc(OC(C)=O)c1C(=O)C1CCCCC1. The first kappa shape index (κ1) is 16.2. The van der Waals surface area contributed by atoms with Crippen molar-refractivity contribution in [1.82, 2.24) is 0 Å². The molecule has 0 aliphatic heterocycles. The van der Waals surface area contributed by atoms with E-state index in [4.69, 9.17) is 9.47 Å². The van der Waals surface area contributed by atoms with E-state index in [-0.39, 0.29) is 28.8 Å². The van der Waals surface area contributed by atoms with Gasteiger partial charge in [0.15, 0.2) is 5.78 Å². The Morgan fingerprint density at radius 3 is 1.86 bits per heavy atom. The summed E-state index contributed by atoms with van der Waals surface area (Å²) in [5.74, 6) is -0.952. The molecule has 0 aromatic heterocycles. The van der Waals surface area contributed by atoms with Gasteiger partial charge in [-0.2, -0.15) is 0 Å². The molecule has 118 valence electrons. The Kier molecular flexibility index (Phi) is 5.31. The lowest BCUT2D eigenvalue weighted by atomic mass is 9.83. The number of benzene rings is 1. The first-order valence-electron chi connectivity index (χ1n) is 7.53. The van der Waals surface area contributed by atoms with Gasteiger partial charge in [0.05, 0.1) is 0 Å². The number of rotatable bonds is 4. The monoisotopic (exact) mass is 304 g/mol. The van der Waals surface area contributed by atoms with Crippen LogP contribution in [0.15, 0.2) is 18.2 Å². The molecule has 5 nitrogen and oxygen atoms in total. The van der Waals surface area contributed by atoms with E-state index in [1.165, 1.54) is 13.8 Å². The van der Waals surface area contributed by atoms with Crippen LogP contribution >= 0.6 is 0 Å². The van der Waals surface area contributed by atoms with Gasteiger partial charge in [-0.3, -0.25) is 14.4 Å². The molecule has 1 aliphatic rings. The molecule has 1 aliphatic carbocycles. The van der Waals surface area contributed by atoms with Gasteiger partial charge in [-0.05, 0) is 25.0 Å². The van der Waals surface area contributed by atoms with Gasteiger partial charge < -0.3 is 9.47 Å². The number of hydrogen-bond donors (Lipinski definition) is 0. The molecule has 2 rings (SSSR count). The van der Waals surface area contributed by atoms with E-state index in [2.05, 4.69) is 0 Å². The molecule has 0 amide bonds. The normalized spacial score (nSPS) is 15.2. The van der Waals surface area contributed by atoms with Gasteiger partial charge in [0.1, 0.15) is 17.1 Å². The van der Waals surface area contributed by atoms with Gasteiger partial charge in [0.25, 0.3) is 0 Å². The standard InChI is InChI=1S/C17H20O5/c1-11(18)21-14-9-6-10-15(22-12(2)19)16(14)17(20)13-7-4-3-5-8-13/h6,9-10,13H,3-5,7-8H2,1-2H3. The Morgan fingerprint density at radius 1 is 0.909 bits per heavy atom. The van der Waals surface area contributed by atoms with Crippen molar-refractivity contribution in [2.45, 2.75) is 46.0 Å². The second-order valence-corrected chi connectivity index (χ2v) is 5.52. The third kappa shape index (κ3) is 3.93. The molecule has 1 fully saturated rings. The predicted octanol–water partition coefficient (Wildman–Crippen LogP) is 3.30. The van der Waals surface area contributed by atoms with Crippen molar-refractivity contribution in [3.63, 3.8) is 0 Å². The second kappa shape index (κ2) is 7.20. The summed E-state index contributed by atoms with van der Waals surface area (Å²) in [5.41, 5.74) is 0.194. The number of hydrogen-bond acceptors (Lipinski definition) is 5. The summed E-state index contributed by atoms with van der Waals surface area (Å²) >= 11 is 0. The van der Waals surface area contributed by atoms with Crippen molar-refractivity contribution in [3.05, 3.63) is 23.8 Å². The molecule has 1 aromatic rings. The lowest BCUT2D eigenvalue weighted by Gasteiger charge is -2.22. The highest BCUT2D eigenvalue weighted by molar-refractivity contribution is 6.03. The number of Topliss-reactive ketones (excluding diaryl/α,β-unsaturated/α-hetero) is 1. The summed E-state index contributed by atoms with van der Waals surface area (Å²) in [6, 6.07) is 4.68. The Bertz CT molecular complexity index is 550. The molecule has 0 saturated heterocycles. The smallest absolute Gasteiger partial charge is 0.308 e. The minimum Gasteiger partial charge on any atom is -0.426 e. The van der Waals surface area contributed by atoms with Crippen LogP contribution in [0.4, 0.5) is 0 Å². The first-order chi connectivity index (χ1) is 10.5. The highest BCUT2D eigenvalue weighted by Gasteiger charge is 2.28. The van der Waals surface area contributed by atoms with Crippen molar-refractivity contribution in [3.8, 4) is 11.5 Å². The third-order valence-corrected chi connectivity index (χ3v) is 3.72. The molecule has 0 radical (unpaired) electrons. The maximum Gasteiger partial charge on any atom is 0.308 e. The molecular formula is C17H20O5. The van der Waals surface area contributed by atoms with E-state index in [1.54, 1.807) is 18.2 Å². The highest BCUT2D eigenvalue weighted by atomic mass is 16.5. The molecule has 0 unspecified atom stereocenters. The zero-order valence-electron chi connectivity index (χ0n) is 12.9. The number of carbonyl (C=O) groups is 3. The fourth-order valence-electron chi connectivity index (χ4n) is 2.80. The van der Waals surface area contributed by atoms with Gasteiger partial charge in [0, 0.05) is 19.8 Å². The molecule has 0 bridgehead atoms. The molecule has 0 heterocycles. The maximum atomic E-state index is 12.8. The van der Waals surface area contributed by atoms with Crippen LogP contribution in [0.1, 0.15) is 56.3 Å². The Morgan fingerprint density at radius 2 is 1.41 bits per heavy atom. The molecular weight excluding hydrogens is 284 g/mol. The fourth-order valence-corrected chi connectivity index (χ4v) is 2.80. The fraction of sp³-hybridized carbons (Fsp3) is 0.471. The molecule has 22 heavy (non-hydrogen) atoms. The van der Waals surface area contributed by atoms with Crippen molar-refractivity contribution >= 4 is 17.7 Å². The largest absolute Gasteiger partial charge is 0.426 e. The number of ketones is 1. The van der Waals surface area contributed by atoms with Gasteiger partial charge >= 0.3 is 11.9 Å². The zero-order chi connectivity index (χ0) is 16.1. The van der Waals surface area contributed by atoms with Crippen LogP contribution in [0.2, 0.25) is 0 Å². The zero-order valence-corrected chi connectivity index (χ0v) is 12.9. The molecule has 0 atom stereocenters. The van der Waals surface area contributed by atoms with Crippen molar-refractivity contribution in [1.29, 1.82) is 0 Å². The minimum absolute atomic E-state index is 0.111. The summed E-state index contributed by atoms with van der Waals surface area (Å²) in [7, 11) is 0. The lowest BCUT2D eigenvalue weighted by Crippen LogP contribution is -2.20. The molecule has 0 N–H and O–H groups in total. The van der Waals surface area contributed by atoms with Gasteiger partial charge in [0.2, 0.25) is 0 Å². The third-order valence-electron chi connectivity index (χ3n) is 3.72. The summed E-state index contributed by atoms with van der Waals surface area (Å²) in [6.07, 6.45) is 4.77. The topological polar surface area (TPSA) is 69.7 Å². The average molecular weight is 304 g/mol. The number of ether oxygens (including phenoxy) is 2. The van der Waals surface area contributed by atoms with Crippen molar-refractivity contribution < 1.29 is 23.9 Å². The van der Waals surface area contributed by atoms with Crippen LogP contribution in [0.3, 0.4) is 0 Å². The number of carbonyl (C=O) groups excluding carboxylic acids is 3. The van der Waals surface area contributed by atoms with E-state index in [1.807, 2.05) is 0 Å². The van der Waals surface area contributed by atoms with Gasteiger partial charge in [-0.25, -0.2) is 0 Å². The Hall–Kier alpha value is -2.17. The van der Waals surface area contributed by atoms with Gasteiger partial charge in [-0.1, -0.05) is 25.3 Å². The summed E-state index contributed by atoms with van der Waals surface area (Å²) in [5, 5.41) is 0. The maximum absolute atomic E-state index is 12.8. The molecule has 1 aromatic carbocycles. The van der Waals surface area contributed by atoms with E-state index in [0.29, 0.717) is 0 Å². The van der Waals surface area contributed by atoms with Crippen LogP contribution < -0.4 is 9.47 Å². The first-order valence-corrected chi connectivity index (χ1v) is 7.53. The molecule has 5 heteroatoms. The average Bonchev–Trinajstić information content (AvgIpc) is 2.46. The number of esters is 2. The second-order valence-electron chi connectivity index (χ2n) is 5.52. The van der Waals surface area contributed by atoms with Crippen LogP contribution in [-0.2, 0) is 9.59 Å². The summed E-state index contributed by atoms with van der Waals surface area (Å²) in [6.45, 7) is 2.54. The van der Waals surface area contributed by atoms with E-state index < -0.39 is 11.9 Å². The molecule has 0 spiro atoms. The highest BCUT2D eigenvalue weighted by Crippen LogP contribution is 2.35. The van der Waals surface area contributed by atoms with E-state index in [0.717, 1.165) is 32.1 Å². The van der Waals surface area contributed by atoms with Crippen LogP contribution in [0.5, 0.6) is 11.5 Å².